The number of hydrogen-bond donors (Lipinski definition) is 1. The van der Waals surface area contributed by atoms with Crippen LogP contribution < -0.4 is 10.2 Å². The maximum absolute atomic E-state index is 13.2. The van der Waals surface area contributed by atoms with Gasteiger partial charge in [-0.05, 0) is 50.5 Å². The molecular weight excluding hydrogens is 370 g/mol. The number of amides is 1. The molecule has 1 aromatic heterocycles. The monoisotopic (exact) mass is 393 g/mol. The molecule has 1 aliphatic heterocycles. The molecule has 4 rings (SSSR count). The summed E-state index contributed by atoms with van der Waals surface area (Å²) in [6, 6.07) is 20.0. The van der Waals surface area contributed by atoms with Gasteiger partial charge in [-0.1, -0.05) is 36.0 Å². The van der Waals surface area contributed by atoms with E-state index in [0.29, 0.717) is 6.54 Å². The van der Waals surface area contributed by atoms with Crippen LogP contribution in [0.25, 0.3) is 0 Å². The van der Waals surface area contributed by atoms with Gasteiger partial charge >= 0.3 is 0 Å². The number of furan rings is 1. The quantitative estimate of drug-likeness (QED) is 0.677. The second-order valence-corrected chi connectivity index (χ2v) is 7.98. The van der Waals surface area contributed by atoms with E-state index in [1.807, 2.05) is 67.5 Å². The van der Waals surface area contributed by atoms with Crippen molar-refractivity contribution in [2.75, 3.05) is 32.1 Å². The van der Waals surface area contributed by atoms with Gasteiger partial charge in [-0.3, -0.25) is 14.6 Å². The number of para-hydroxylation sites is 2. The second-order valence-electron chi connectivity index (χ2n) is 6.89. The van der Waals surface area contributed by atoms with Crippen molar-refractivity contribution in [3.05, 3.63) is 72.7 Å². The molecule has 0 radical (unpaired) electrons. The summed E-state index contributed by atoms with van der Waals surface area (Å²) in [5, 5.41) is 3.31. The molecule has 0 bridgehead atoms. The lowest BCUT2D eigenvalue weighted by atomic mass is 10.2. The summed E-state index contributed by atoms with van der Waals surface area (Å²) in [6.45, 7) is 0.872. The van der Waals surface area contributed by atoms with E-state index in [2.05, 4.69) is 22.3 Å². The molecule has 1 atom stereocenters. The lowest BCUT2D eigenvalue weighted by Crippen LogP contribution is -2.39. The van der Waals surface area contributed by atoms with Crippen molar-refractivity contribution in [2.45, 2.75) is 15.8 Å². The summed E-state index contributed by atoms with van der Waals surface area (Å²) in [5.74, 6) is 0.909. The highest BCUT2D eigenvalue weighted by Crippen LogP contribution is 2.47. The number of likely N-dealkylation sites (N-methyl/N-ethyl adjacent to an activating group) is 1. The third kappa shape index (κ3) is 3.71. The predicted octanol–water partition coefficient (Wildman–Crippen LogP) is 4.30. The molecule has 0 aliphatic carbocycles. The molecule has 0 unspecified atom stereocenters. The van der Waals surface area contributed by atoms with E-state index in [1.54, 1.807) is 18.0 Å². The van der Waals surface area contributed by atoms with E-state index in [-0.39, 0.29) is 18.5 Å². The molecule has 1 amide bonds. The summed E-state index contributed by atoms with van der Waals surface area (Å²) in [7, 11) is 4.01. The van der Waals surface area contributed by atoms with Gasteiger partial charge in [0.05, 0.1) is 30.2 Å². The standard InChI is InChI=1S/C22H23N3O2S/c1-24(2)18(19-10-7-13-27-19)14-23-15-22(26)25-16-8-3-5-11-20(16)28-21-12-6-4-9-17(21)25/h3-13,18,23H,14-15H2,1-2H3/t18-/m1/s1. The Hall–Kier alpha value is -2.54. The first-order valence-corrected chi connectivity index (χ1v) is 10.1. The summed E-state index contributed by atoms with van der Waals surface area (Å²) >= 11 is 1.70. The number of hydrogen-bond acceptors (Lipinski definition) is 5. The summed E-state index contributed by atoms with van der Waals surface area (Å²) < 4.78 is 5.54. The van der Waals surface area contributed by atoms with E-state index in [1.165, 1.54) is 0 Å². The minimum Gasteiger partial charge on any atom is -0.468 e. The van der Waals surface area contributed by atoms with Crippen molar-refractivity contribution in [3.63, 3.8) is 0 Å². The van der Waals surface area contributed by atoms with Crippen molar-refractivity contribution in [2.24, 2.45) is 0 Å². The zero-order valence-corrected chi connectivity index (χ0v) is 16.8. The third-order valence-corrected chi connectivity index (χ3v) is 5.92. The maximum Gasteiger partial charge on any atom is 0.245 e. The number of carbonyl (C=O) groups excluding carboxylic acids is 1. The zero-order chi connectivity index (χ0) is 19.5. The van der Waals surface area contributed by atoms with Crippen LogP contribution in [0.1, 0.15) is 11.8 Å². The van der Waals surface area contributed by atoms with Gasteiger partial charge in [-0.2, -0.15) is 0 Å². The molecule has 1 aliphatic rings. The number of nitrogens with one attached hydrogen (secondary N) is 1. The molecule has 1 N–H and O–H groups in total. The first-order chi connectivity index (χ1) is 13.6. The van der Waals surface area contributed by atoms with Gasteiger partial charge in [0.25, 0.3) is 0 Å². The molecule has 5 nitrogen and oxygen atoms in total. The van der Waals surface area contributed by atoms with Crippen molar-refractivity contribution >= 4 is 29.0 Å². The van der Waals surface area contributed by atoms with Crippen molar-refractivity contribution in [1.82, 2.24) is 10.2 Å². The van der Waals surface area contributed by atoms with Gasteiger partial charge in [0.2, 0.25) is 5.91 Å². The van der Waals surface area contributed by atoms with Crippen LogP contribution in [0.15, 0.2) is 81.1 Å². The SMILES string of the molecule is CN(C)[C@H](CNCC(=O)N1c2ccccc2Sc2ccccc21)c1ccco1. The van der Waals surface area contributed by atoms with Crippen LogP contribution >= 0.6 is 11.8 Å². The molecule has 0 spiro atoms. The minimum atomic E-state index is 0.0251. The van der Waals surface area contributed by atoms with E-state index in [0.717, 1.165) is 26.9 Å². The fourth-order valence-corrected chi connectivity index (χ4v) is 4.44. The van der Waals surface area contributed by atoms with Gasteiger partial charge in [0.15, 0.2) is 0 Å². The van der Waals surface area contributed by atoms with Crippen molar-refractivity contribution in [3.8, 4) is 0 Å². The Kier molecular flexibility index (Phi) is 5.52. The van der Waals surface area contributed by atoms with E-state index in [4.69, 9.17) is 4.42 Å². The number of carbonyl (C=O) groups is 1. The first-order valence-electron chi connectivity index (χ1n) is 9.24. The molecule has 3 aromatic rings. The Morgan fingerprint density at radius 3 is 2.25 bits per heavy atom. The zero-order valence-electron chi connectivity index (χ0n) is 16.0. The highest BCUT2D eigenvalue weighted by molar-refractivity contribution is 7.99. The van der Waals surface area contributed by atoms with Crippen LogP contribution in [-0.4, -0.2) is 38.0 Å². The topological polar surface area (TPSA) is 48.7 Å². The Bertz CT molecular complexity index is 910. The van der Waals surface area contributed by atoms with Crippen LogP contribution in [0.4, 0.5) is 11.4 Å². The number of rotatable bonds is 6. The van der Waals surface area contributed by atoms with Gasteiger partial charge in [-0.15, -0.1) is 0 Å². The number of fused-ring (bicyclic) bond motifs is 2. The number of nitrogens with zero attached hydrogens (tertiary/aromatic N) is 2. The Labute approximate surface area is 169 Å². The number of anilines is 2. The molecule has 6 heteroatoms. The molecule has 144 valence electrons. The van der Waals surface area contributed by atoms with Crippen LogP contribution in [0.2, 0.25) is 0 Å². The smallest absolute Gasteiger partial charge is 0.245 e. The minimum absolute atomic E-state index is 0.0251. The molecule has 0 saturated heterocycles. The molecule has 2 aromatic carbocycles. The lowest BCUT2D eigenvalue weighted by molar-refractivity contribution is -0.117. The number of benzene rings is 2. The molecule has 28 heavy (non-hydrogen) atoms. The average molecular weight is 394 g/mol. The fourth-order valence-electron chi connectivity index (χ4n) is 3.39. The van der Waals surface area contributed by atoms with Gasteiger partial charge in [0, 0.05) is 16.3 Å². The maximum atomic E-state index is 13.2. The highest BCUT2D eigenvalue weighted by Gasteiger charge is 2.27. The van der Waals surface area contributed by atoms with Crippen molar-refractivity contribution in [1.29, 1.82) is 0 Å². The fraction of sp³-hybridized carbons (Fsp3) is 0.227. The summed E-state index contributed by atoms with van der Waals surface area (Å²) in [6.07, 6.45) is 1.68. The normalized spacial score (nSPS) is 13.9. The predicted molar refractivity (Wildman–Crippen MR) is 112 cm³/mol. The molecule has 0 saturated carbocycles. The molecular formula is C22H23N3O2S. The van der Waals surface area contributed by atoms with E-state index in [9.17, 15) is 4.79 Å². The lowest BCUT2D eigenvalue weighted by Gasteiger charge is -2.31. The van der Waals surface area contributed by atoms with Crippen molar-refractivity contribution < 1.29 is 9.21 Å². The Morgan fingerprint density at radius 2 is 1.68 bits per heavy atom. The van der Waals surface area contributed by atoms with Gasteiger partial charge < -0.3 is 9.73 Å². The van der Waals surface area contributed by atoms with Gasteiger partial charge in [0.1, 0.15) is 5.76 Å². The van der Waals surface area contributed by atoms with Gasteiger partial charge in [-0.25, -0.2) is 0 Å². The van der Waals surface area contributed by atoms with Crippen LogP contribution in [0, 0.1) is 0 Å². The van der Waals surface area contributed by atoms with Crippen LogP contribution in [0.3, 0.4) is 0 Å². The molecule has 2 heterocycles. The largest absolute Gasteiger partial charge is 0.468 e. The Morgan fingerprint density at radius 1 is 1.04 bits per heavy atom. The third-order valence-electron chi connectivity index (χ3n) is 4.79. The van der Waals surface area contributed by atoms with Crippen LogP contribution in [0.5, 0.6) is 0 Å². The Balaban J connectivity index is 1.51. The average Bonchev–Trinajstić information content (AvgIpc) is 3.23. The van der Waals surface area contributed by atoms with E-state index < -0.39 is 0 Å². The summed E-state index contributed by atoms with van der Waals surface area (Å²) in [5.41, 5.74) is 1.88. The van der Waals surface area contributed by atoms with E-state index >= 15 is 0 Å². The highest BCUT2D eigenvalue weighted by atomic mass is 32.2. The molecule has 0 fully saturated rings. The summed E-state index contributed by atoms with van der Waals surface area (Å²) in [4.78, 5) is 19.3. The van der Waals surface area contributed by atoms with Crippen LogP contribution in [-0.2, 0) is 4.79 Å². The second kappa shape index (κ2) is 8.22. The first kappa shape index (κ1) is 18.8.